The molecule has 2 N–H and O–H groups in total. The topological polar surface area (TPSA) is 78.9 Å². The van der Waals surface area contributed by atoms with Crippen LogP contribution in [0.3, 0.4) is 0 Å². The second-order valence-corrected chi connectivity index (χ2v) is 10.1. The number of carbonyl (C=O) groups is 2. The van der Waals surface area contributed by atoms with E-state index in [-0.39, 0.29) is 24.5 Å². The molecular weight excluding hydrogens is 440 g/mol. The molecule has 4 rings (SSSR count). The molecule has 1 amide bonds. The molecule has 1 aliphatic rings. The number of aliphatic carboxylic acids is 1. The maximum atomic E-state index is 12.8. The molecule has 6 nitrogen and oxygen atoms in total. The van der Waals surface area contributed by atoms with Crippen LogP contribution in [0.15, 0.2) is 72.8 Å². The lowest BCUT2D eigenvalue weighted by atomic mass is 9.88. The summed E-state index contributed by atoms with van der Waals surface area (Å²) < 4.78 is 5.41. The predicted octanol–water partition coefficient (Wildman–Crippen LogP) is 5.45. The van der Waals surface area contributed by atoms with Gasteiger partial charge >= 0.3 is 12.1 Å². The number of hydrogen-bond acceptors (Lipinski definition) is 4. The molecular formula is C29H34N2O4. The monoisotopic (exact) mass is 474 g/mol. The zero-order valence-electron chi connectivity index (χ0n) is 20.6. The van der Waals surface area contributed by atoms with Crippen LogP contribution in [0, 0.1) is 11.3 Å². The maximum Gasteiger partial charge on any atom is 0.409 e. The van der Waals surface area contributed by atoms with Gasteiger partial charge < -0.3 is 20.1 Å². The van der Waals surface area contributed by atoms with Crippen LogP contribution in [0.1, 0.15) is 43.9 Å². The van der Waals surface area contributed by atoms with Crippen molar-refractivity contribution >= 4 is 22.8 Å². The highest BCUT2D eigenvalue weighted by molar-refractivity contribution is 5.86. The molecule has 1 saturated heterocycles. The second-order valence-electron chi connectivity index (χ2n) is 10.1. The van der Waals surface area contributed by atoms with Gasteiger partial charge in [0.05, 0.1) is 5.41 Å². The van der Waals surface area contributed by atoms with Gasteiger partial charge in [-0.2, -0.15) is 0 Å². The van der Waals surface area contributed by atoms with Crippen molar-refractivity contribution in [1.29, 1.82) is 0 Å². The third-order valence-electron chi connectivity index (χ3n) is 7.04. The summed E-state index contributed by atoms with van der Waals surface area (Å²) in [5.41, 5.74) is 1.33. The van der Waals surface area contributed by atoms with Gasteiger partial charge in [0.2, 0.25) is 0 Å². The molecule has 184 valence electrons. The van der Waals surface area contributed by atoms with Crippen LogP contribution >= 0.6 is 0 Å². The van der Waals surface area contributed by atoms with Crippen molar-refractivity contribution in [3.05, 3.63) is 83.9 Å². The maximum absolute atomic E-state index is 12.8. The summed E-state index contributed by atoms with van der Waals surface area (Å²) in [5.74, 6) is -0.614. The van der Waals surface area contributed by atoms with Gasteiger partial charge in [-0.1, -0.05) is 72.8 Å². The van der Waals surface area contributed by atoms with Crippen LogP contribution in [0.5, 0.6) is 0 Å². The van der Waals surface area contributed by atoms with Gasteiger partial charge in [-0.25, -0.2) is 4.79 Å². The van der Waals surface area contributed by atoms with Crippen LogP contribution < -0.4 is 5.32 Å². The number of ether oxygens (including phenoxy) is 1. The van der Waals surface area contributed by atoms with Crippen molar-refractivity contribution in [2.75, 3.05) is 26.2 Å². The van der Waals surface area contributed by atoms with E-state index in [0.29, 0.717) is 13.1 Å². The quantitative estimate of drug-likeness (QED) is 0.454. The molecule has 0 unspecified atom stereocenters. The van der Waals surface area contributed by atoms with Crippen molar-refractivity contribution in [3.63, 3.8) is 0 Å². The summed E-state index contributed by atoms with van der Waals surface area (Å²) in [6.07, 6.45) is -0.454. The Bertz CT molecular complexity index is 1170. The van der Waals surface area contributed by atoms with E-state index < -0.39 is 17.5 Å². The fraction of sp³-hybridized carbons (Fsp3) is 0.379. The number of rotatable bonds is 8. The molecule has 0 aliphatic carbocycles. The Kier molecular flexibility index (Phi) is 7.41. The van der Waals surface area contributed by atoms with Gasteiger partial charge in [-0.05, 0) is 48.6 Å². The largest absolute Gasteiger partial charge is 0.481 e. The van der Waals surface area contributed by atoms with Crippen molar-refractivity contribution in [1.82, 2.24) is 10.2 Å². The van der Waals surface area contributed by atoms with Gasteiger partial charge in [-0.3, -0.25) is 4.79 Å². The van der Waals surface area contributed by atoms with E-state index in [1.54, 1.807) is 18.7 Å². The van der Waals surface area contributed by atoms with E-state index in [1.165, 1.54) is 21.9 Å². The number of hydrogen-bond donors (Lipinski definition) is 2. The van der Waals surface area contributed by atoms with E-state index in [1.807, 2.05) is 18.2 Å². The van der Waals surface area contributed by atoms with Crippen LogP contribution in [-0.2, 0) is 9.53 Å². The molecule has 3 atom stereocenters. The zero-order chi connectivity index (χ0) is 25.0. The Morgan fingerprint density at radius 3 is 2.46 bits per heavy atom. The first kappa shape index (κ1) is 24.7. The van der Waals surface area contributed by atoms with Crippen molar-refractivity contribution in [2.45, 2.75) is 32.7 Å². The summed E-state index contributed by atoms with van der Waals surface area (Å²) >= 11 is 0. The first-order valence-corrected chi connectivity index (χ1v) is 12.2. The Morgan fingerprint density at radius 1 is 1.03 bits per heavy atom. The number of carboxylic acid groups (broad SMARTS) is 1. The summed E-state index contributed by atoms with van der Waals surface area (Å²) in [7, 11) is 0. The highest BCUT2D eigenvalue weighted by Crippen LogP contribution is 2.34. The van der Waals surface area contributed by atoms with Gasteiger partial charge in [0, 0.05) is 31.6 Å². The highest BCUT2D eigenvalue weighted by atomic mass is 16.6. The lowest BCUT2D eigenvalue weighted by Crippen LogP contribution is -2.36. The first-order valence-electron chi connectivity index (χ1n) is 12.2. The predicted molar refractivity (Wildman–Crippen MR) is 137 cm³/mol. The van der Waals surface area contributed by atoms with Crippen LogP contribution in [0.4, 0.5) is 4.79 Å². The number of nitrogens with zero attached hydrogens (tertiary/aromatic N) is 1. The molecule has 3 aromatic rings. The summed E-state index contributed by atoms with van der Waals surface area (Å²) in [6, 6.07) is 25.2. The van der Waals surface area contributed by atoms with E-state index in [2.05, 4.69) is 66.8 Å². The Balaban J connectivity index is 1.46. The van der Waals surface area contributed by atoms with Crippen LogP contribution in [-0.4, -0.2) is 48.3 Å². The molecule has 0 saturated carbocycles. The Morgan fingerprint density at radius 2 is 1.71 bits per heavy atom. The molecule has 1 fully saturated rings. The van der Waals surface area contributed by atoms with Gasteiger partial charge in [-0.15, -0.1) is 0 Å². The highest BCUT2D eigenvalue weighted by Gasteiger charge is 2.38. The summed E-state index contributed by atoms with van der Waals surface area (Å²) in [4.78, 5) is 25.9. The van der Waals surface area contributed by atoms with Crippen LogP contribution in [0.25, 0.3) is 10.8 Å². The number of fused-ring (bicyclic) bond motifs is 1. The number of amides is 1. The van der Waals surface area contributed by atoms with Crippen LogP contribution in [0.2, 0.25) is 0 Å². The number of benzene rings is 3. The molecule has 0 bridgehead atoms. The standard InChI is InChI=1S/C29H34N2O4/c1-20(24-15-9-13-21-12-7-8-14-25(21)24)30-16-23-17-31(18-26(23)22-10-5-4-6-11-22)28(34)35-19-29(2,3)27(32)33/h4-15,20,23,26,30H,16-19H2,1-3H3,(H,32,33)/t20-,23-,26-/m1/s1. The van der Waals surface area contributed by atoms with Crippen molar-refractivity contribution in [3.8, 4) is 0 Å². The van der Waals surface area contributed by atoms with E-state index in [9.17, 15) is 14.7 Å². The third-order valence-corrected chi connectivity index (χ3v) is 7.04. The zero-order valence-corrected chi connectivity index (χ0v) is 20.6. The van der Waals surface area contributed by atoms with E-state index in [0.717, 1.165) is 6.54 Å². The Labute approximate surface area is 206 Å². The van der Waals surface area contributed by atoms with E-state index in [4.69, 9.17) is 4.74 Å². The molecule has 1 heterocycles. The molecule has 3 aromatic carbocycles. The molecule has 6 heteroatoms. The average molecular weight is 475 g/mol. The number of carboxylic acids is 1. The lowest BCUT2D eigenvalue weighted by molar-refractivity contribution is -0.149. The Hall–Kier alpha value is -3.38. The van der Waals surface area contributed by atoms with Gasteiger partial charge in [0.25, 0.3) is 0 Å². The van der Waals surface area contributed by atoms with E-state index >= 15 is 0 Å². The number of carbonyl (C=O) groups excluding carboxylic acids is 1. The first-order chi connectivity index (χ1) is 16.8. The van der Waals surface area contributed by atoms with Crippen molar-refractivity contribution in [2.24, 2.45) is 11.3 Å². The number of nitrogens with one attached hydrogen (secondary N) is 1. The fourth-order valence-electron chi connectivity index (χ4n) is 4.77. The number of likely N-dealkylation sites (tertiary alicyclic amines) is 1. The minimum absolute atomic E-state index is 0.148. The smallest absolute Gasteiger partial charge is 0.409 e. The third kappa shape index (κ3) is 5.65. The van der Waals surface area contributed by atoms with Gasteiger partial charge in [0.15, 0.2) is 0 Å². The lowest BCUT2D eigenvalue weighted by Gasteiger charge is -2.23. The summed E-state index contributed by atoms with van der Waals surface area (Å²) in [6.45, 7) is 6.98. The van der Waals surface area contributed by atoms with Crippen molar-refractivity contribution < 1.29 is 19.4 Å². The second kappa shape index (κ2) is 10.5. The molecule has 35 heavy (non-hydrogen) atoms. The molecule has 1 aliphatic heterocycles. The molecule has 0 radical (unpaired) electrons. The average Bonchev–Trinajstić information content (AvgIpc) is 3.30. The fourth-order valence-corrected chi connectivity index (χ4v) is 4.77. The minimum atomic E-state index is -1.12. The normalized spacial score (nSPS) is 19.0. The minimum Gasteiger partial charge on any atom is -0.481 e. The van der Waals surface area contributed by atoms with Gasteiger partial charge in [0.1, 0.15) is 6.61 Å². The molecule has 0 aromatic heterocycles. The summed E-state index contributed by atoms with van der Waals surface area (Å²) in [5, 5.41) is 15.5. The SMILES string of the molecule is C[C@@H](NC[C@@H]1CN(C(=O)OCC(C)(C)C(=O)O)C[C@@H]1c1ccccc1)c1cccc2ccccc12. The molecule has 0 spiro atoms.